The molecule has 68 valence electrons. The molecule has 0 spiro atoms. The molecule has 13 heavy (non-hydrogen) atoms. The number of rotatable bonds is 3. The lowest BCUT2D eigenvalue weighted by Gasteiger charge is -1.84. The summed E-state index contributed by atoms with van der Waals surface area (Å²) in [4.78, 5) is 20.1. The van der Waals surface area contributed by atoms with Gasteiger partial charge in [0.2, 0.25) is 0 Å². The average Bonchev–Trinajstić information content (AvgIpc) is 2.52. The quantitative estimate of drug-likeness (QED) is 0.323. The van der Waals surface area contributed by atoms with Gasteiger partial charge in [0.15, 0.2) is 0 Å². The molecule has 0 atom stereocenters. The van der Waals surface area contributed by atoms with Gasteiger partial charge in [0.05, 0.1) is 4.92 Å². The first-order valence-electron chi connectivity index (χ1n) is 3.50. The van der Waals surface area contributed by atoms with Gasteiger partial charge in [0.1, 0.15) is 6.29 Å². The van der Waals surface area contributed by atoms with E-state index in [1.54, 1.807) is 18.4 Å². The zero-order valence-electron chi connectivity index (χ0n) is 6.89. The Labute approximate surface area is 78.7 Å². The van der Waals surface area contributed by atoms with Crippen molar-refractivity contribution in [1.82, 2.24) is 0 Å². The number of hydrogen-bond donors (Lipinski definition) is 0. The number of carbonyl (C=O) groups excluding carboxylic acids is 1. The van der Waals surface area contributed by atoms with Crippen LogP contribution in [0.25, 0.3) is 6.08 Å². The number of hydrogen-bond acceptors (Lipinski definition) is 4. The van der Waals surface area contributed by atoms with Crippen molar-refractivity contribution in [3.8, 4) is 0 Å². The van der Waals surface area contributed by atoms with Crippen molar-refractivity contribution >= 4 is 28.7 Å². The van der Waals surface area contributed by atoms with Gasteiger partial charge in [-0.3, -0.25) is 14.9 Å². The van der Waals surface area contributed by atoms with Crippen molar-refractivity contribution in [2.75, 3.05) is 0 Å². The Kier molecular flexibility index (Phi) is 2.92. The lowest BCUT2D eigenvalue weighted by atomic mass is 10.2. The summed E-state index contributed by atoms with van der Waals surface area (Å²) in [5.74, 6) is 0. The molecule has 1 heterocycles. The molecule has 0 aromatic carbocycles. The maximum atomic E-state index is 10.3. The fraction of sp³-hybridized carbons (Fsp3) is 0.125. The minimum Gasteiger partial charge on any atom is -0.298 e. The Morgan fingerprint density at radius 1 is 1.69 bits per heavy atom. The van der Waals surface area contributed by atoms with Crippen molar-refractivity contribution in [2.45, 2.75) is 6.92 Å². The lowest BCUT2D eigenvalue weighted by Crippen LogP contribution is -1.81. The number of nitro groups is 1. The number of thiophene rings is 1. The van der Waals surface area contributed by atoms with Crippen LogP contribution in [0.2, 0.25) is 0 Å². The summed E-state index contributed by atoms with van der Waals surface area (Å²) in [6.45, 7) is 1.65. The normalized spacial score (nSPS) is 11.3. The highest BCUT2D eigenvalue weighted by Gasteiger charge is 2.07. The Hall–Kier alpha value is -1.49. The minimum absolute atomic E-state index is 0.0879. The van der Waals surface area contributed by atoms with Crippen LogP contribution in [0.3, 0.4) is 0 Å². The third-order valence-corrected chi connectivity index (χ3v) is 2.26. The number of allylic oxidation sites excluding steroid dienone is 1. The van der Waals surface area contributed by atoms with Crippen LogP contribution in [0.15, 0.2) is 17.0 Å². The van der Waals surface area contributed by atoms with Crippen molar-refractivity contribution in [2.24, 2.45) is 0 Å². The van der Waals surface area contributed by atoms with Gasteiger partial charge in [-0.1, -0.05) is 11.3 Å². The second-order valence-electron chi connectivity index (χ2n) is 2.48. The molecule has 0 fully saturated rings. The fourth-order valence-electron chi connectivity index (χ4n) is 0.807. The van der Waals surface area contributed by atoms with Crippen LogP contribution in [0.5, 0.6) is 0 Å². The molecule has 0 saturated carbocycles. The van der Waals surface area contributed by atoms with Gasteiger partial charge in [-0.05, 0) is 24.1 Å². The maximum Gasteiger partial charge on any atom is 0.324 e. The Morgan fingerprint density at radius 3 is 2.85 bits per heavy atom. The molecule has 0 aliphatic carbocycles. The summed E-state index contributed by atoms with van der Waals surface area (Å²) in [6, 6.07) is 1.44. The number of aldehydes is 1. The Bertz CT molecular complexity index is 367. The molecule has 0 aliphatic rings. The van der Waals surface area contributed by atoms with Gasteiger partial charge in [-0.15, -0.1) is 0 Å². The van der Waals surface area contributed by atoms with Gasteiger partial charge in [-0.25, -0.2) is 0 Å². The van der Waals surface area contributed by atoms with E-state index < -0.39 is 4.92 Å². The molecule has 4 nitrogen and oxygen atoms in total. The van der Waals surface area contributed by atoms with Crippen molar-refractivity contribution in [1.29, 1.82) is 0 Å². The molecule has 0 amide bonds. The summed E-state index contributed by atoms with van der Waals surface area (Å²) in [7, 11) is 0. The van der Waals surface area contributed by atoms with Gasteiger partial charge in [0.25, 0.3) is 0 Å². The van der Waals surface area contributed by atoms with E-state index >= 15 is 0 Å². The van der Waals surface area contributed by atoms with Crippen LogP contribution in [0.4, 0.5) is 5.00 Å². The fourth-order valence-corrected chi connectivity index (χ4v) is 1.49. The lowest BCUT2D eigenvalue weighted by molar-refractivity contribution is -0.380. The summed E-state index contributed by atoms with van der Waals surface area (Å²) in [5, 5.41) is 12.0. The molecular formula is C8H7NO3S. The molecule has 1 aromatic heterocycles. The predicted octanol–water partition coefficient (Wildman–Crippen LogP) is 2.26. The zero-order valence-corrected chi connectivity index (χ0v) is 7.71. The first kappa shape index (κ1) is 9.60. The summed E-state index contributed by atoms with van der Waals surface area (Å²) < 4.78 is 0. The smallest absolute Gasteiger partial charge is 0.298 e. The number of nitrogens with zero attached hydrogens (tertiary/aromatic N) is 1. The molecule has 0 bridgehead atoms. The minimum atomic E-state index is -0.446. The second-order valence-corrected chi connectivity index (χ2v) is 3.37. The zero-order chi connectivity index (χ0) is 9.84. The highest BCUT2D eigenvalue weighted by molar-refractivity contribution is 7.13. The Balaban J connectivity index is 2.92. The van der Waals surface area contributed by atoms with E-state index in [9.17, 15) is 14.9 Å². The standard InChI is InChI=1S/C8H7NO3S/c1-6(4-10)2-7-3-8(9(11)12)13-5-7/h2-5H,1H3/b6-2+. The van der Waals surface area contributed by atoms with Crippen LogP contribution in [-0.4, -0.2) is 11.2 Å². The summed E-state index contributed by atoms with van der Waals surface area (Å²) in [5.41, 5.74) is 1.24. The topological polar surface area (TPSA) is 60.2 Å². The van der Waals surface area contributed by atoms with Crippen LogP contribution in [0.1, 0.15) is 12.5 Å². The first-order chi connectivity index (χ1) is 6.13. The van der Waals surface area contributed by atoms with E-state index in [0.29, 0.717) is 17.4 Å². The third kappa shape index (κ3) is 2.48. The number of carbonyl (C=O) groups is 1. The molecular weight excluding hydrogens is 190 g/mol. The van der Waals surface area contributed by atoms with E-state index in [0.717, 1.165) is 11.3 Å². The van der Waals surface area contributed by atoms with E-state index in [1.807, 2.05) is 0 Å². The molecule has 0 N–H and O–H groups in total. The van der Waals surface area contributed by atoms with Gasteiger partial charge in [0, 0.05) is 11.4 Å². The van der Waals surface area contributed by atoms with Gasteiger partial charge in [-0.2, -0.15) is 0 Å². The van der Waals surface area contributed by atoms with E-state index in [-0.39, 0.29) is 5.00 Å². The molecule has 0 aliphatic heterocycles. The molecule has 0 radical (unpaired) electrons. The van der Waals surface area contributed by atoms with Crippen molar-refractivity contribution in [3.05, 3.63) is 32.7 Å². The maximum absolute atomic E-state index is 10.3. The second kappa shape index (κ2) is 3.95. The molecule has 5 heteroatoms. The van der Waals surface area contributed by atoms with Crippen LogP contribution in [0, 0.1) is 10.1 Å². The Morgan fingerprint density at radius 2 is 2.38 bits per heavy atom. The van der Waals surface area contributed by atoms with Gasteiger partial charge >= 0.3 is 5.00 Å². The van der Waals surface area contributed by atoms with E-state index in [4.69, 9.17) is 0 Å². The molecule has 0 saturated heterocycles. The predicted molar refractivity (Wildman–Crippen MR) is 50.7 cm³/mol. The highest BCUT2D eigenvalue weighted by Crippen LogP contribution is 2.23. The van der Waals surface area contributed by atoms with Crippen LogP contribution >= 0.6 is 11.3 Å². The largest absolute Gasteiger partial charge is 0.324 e. The van der Waals surface area contributed by atoms with Crippen LogP contribution < -0.4 is 0 Å². The highest BCUT2D eigenvalue weighted by atomic mass is 32.1. The third-order valence-electron chi connectivity index (χ3n) is 1.37. The van der Waals surface area contributed by atoms with E-state index in [2.05, 4.69) is 0 Å². The monoisotopic (exact) mass is 197 g/mol. The summed E-state index contributed by atoms with van der Waals surface area (Å²) in [6.07, 6.45) is 2.32. The molecule has 0 unspecified atom stereocenters. The first-order valence-corrected chi connectivity index (χ1v) is 4.38. The molecule has 1 rings (SSSR count). The van der Waals surface area contributed by atoms with Crippen LogP contribution in [-0.2, 0) is 4.79 Å². The van der Waals surface area contributed by atoms with Crippen molar-refractivity contribution < 1.29 is 9.72 Å². The molecule has 1 aromatic rings. The SMILES string of the molecule is C/C(C=O)=C\c1csc([N+](=O)[O-])c1. The average molecular weight is 197 g/mol. The van der Waals surface area contributed by atoms with Gasteiger partial charge < -0.3 is 0 Å². The van der Waals surface area contributed by atoms with E-state index in [1.165, 1.54) is 6.07 Å². The van der Waals surface area contributed by atoms with Crippen molar-refractivity contribution in [3.63, 3.8) is 0 Å². The summed E-state index contributed by atoms with van der Waals surface area (Å²) >= 11 is 1.05.